The Bertz CT molecular complexity index is 1440. The Labute approximate surface area is 214 Å². The highest BCUT2D eigenvalue weighted by Gasteiger charge is 2.25. The van der Waals surface area contributed by atoms with E-state index in [4.69, 9.17) is 0 Å². The first-order chi connectivity index (χ1) is 17.3. The van der Waals surface area contributed by atoms with Gasteiger partial charge in [-0.05, 0) is 63.4 Å². The highest BCUT2D eigenvalue weighted by atomic mass is 32.1. The number of aromatic nitrogens is 4. The third kappa shape index (κ3) is 4.54. The van der Waals surface area contributed by atoms with E-state index in [1.165, 1.54) is 11.3 Å². The molecule has 0 unspecified atom stereocenters. The van der Waals surface area contributed by atoms with Crippen LogP contribution in [0.4, 0.5) is 10.8 Å². The van der Waals surface area contributed by atoms with E-state index < -0.39 is 0 Å². The highest BCUT2D eigenvalue weighted by molar-refractivity contribution is 7.14. The van der Waals surface area contributed by atoms with Crippen molar-refractivity contribution >= 4 is 34.0 Å². The summed E-state index contributed by atoms with van der Waals surface area (Å²) in [5.74, 6) is -0.0862. The van der Waals surface area contributed by atoms with Crippen molar-refractivity contribution in [2.24, 2.45) is 0 Å². The summed E-state index contributed by atoms with van der Waals surface area (Å²) in [6.07, 6.45) is 4.68. The van der Waals surface area contributed by atoms with Crippen LogP contribution < -0.4 is 10.2 Å². The van der Waals surface area contributed by atoms with Gasteiger partial charge in [-0.2, -0.15) is 5.10 Å². The van der Waals surface area contributed by atoms with Gasteiger partial charge in [0.05, 0.1) is 23.5 Å². The van der Waals surface area contributed by atoms with Crippen LogP contribution in [-0.4, -0.2) is 31.6 Å². The zero-order valence-corrected chi connectivity index (χ0v) is 21.6. The number of hydrogen-bond acceptors (Lipinski definition) is 6. The molecule has 4 heterocycles. The molecule has 0 saturated heterocycles. The maximum Gasteiger partial charge on any atom is 0.261 e. The van der Waals surface area contributed by atoms with Gasteiger partial charge in [0.25, 0.3) is 5.91 Å². The van der Waals surface area contributed by atoms with Gasteiger partial charge in [-0.3, -0.25) is 24.6 Å². The topological polar surface area (TPSA) is 93.0 Å². The second-order valence-electron chi connectivity index (χ2n) is 9.26. The number of rotatable bonds is 6. The van der Waals surface area contributed by atoms with Gasteiger partial charge >= 0.3 is 0 Å². The largest absolute Gasteiger partial charge is 0.308 e. The Morgan fingerprint density at radius 2 is 2.03 bits per heavy atom. The second-order valence-corrected chi connectivity index (χ2v) is 10.1. The number of nitrogens with one attached hydrogen (secondary N) is 1. The van der Waals surface area contributed by atoms with Gasteiger partial charge in [0.1, 0.15) is 0 Å². The fourth-order valence-corrected chi connectivity index (χ4v) is 5.40. The number of hydrogen-bond donors (Lipinski definition) is 1. The molecule has 0 spiro atoms. The number of benzene rings is 1. The molecular formula is C27H28N6O2S. The smallest absolute Gasteiger partial charge is 0.261 e. The Morgan fingerprint density at radius 1 is 1.19 bits per heavy atom. The van der Waals surface area contributed by atoms with Crippen molar-refractivity contribution in [1.82, 2.24) is 19.7 Å². The molecule has 1 aromatic carbocycles. The minimum absolute atomic E-state index is 0.115. The summed E-state index contributed by atoms with van der Waals surface area (Å²) in [5.41, 5.74) is 6.92. The van der Waals surface area contributed by atoms with Crippen LogP contribution in [0.5, 0.6) is 0 Å². The van der Waals surface area contributed by atoms with Crippen molar-refractivity contribution in [1.29, 1.82) is 0 Å². The Hall–Kier alpha value is -3.85. The van der Waals surface area contributed by atoms with Gasteiger partial charge in [0.15, 0.2) is 5.13 Å². The molecule has 9 heteroatoms. The summed E-state index contributed by atoms with van der Waals surface area (Å²) in [6, 6.07) is 10.1. The molecule has 5 rings (SSSR count). The molecule has 0 aliphatic carbocycles. The van der Waals surface area contributed by atoms with E-state index in [0.717, 1.165) is 33.8 Å². The van der Waals surface area contributed by atoms with E-state index in [1.54, 1.807) is 12.4 Å². The predicted molar refractivity (Wildman–Crippen MR) is 141 cm³/mol. The van der Waals surface area contributed by atoms with E-state index in [2.05, 4.69) is 26.4 Å². The number of anilines is 2. The van der Waals surface area contributed by atoms with E-state index >= 15 is 0 Å². The number of nitrogens with zero attached hydrogens (tertiary/aromatic N) is 5. The number of amides is 2. The van der Waals surface area contributed by atoms with Crippen molar-refractivity contribution in [3.63, 3.8) is 0 Å². The molecule has 2 amide bonds. The minimum Gasteiger partial charge on any atom is -0.308 e. The average molecular weight is 501 g/mol. The summed E-state index contributed by atoms with van der Waals surface area (Å²) in [5, 5.41) is 9.93. The molecule has 0 saturated carbocycles. The number of aryl methyl sites for hydroxylation is 2. The number of pyridine rings is 1. The van der Waals surface area contributed by atoms with E-state index in [9.17, 15) is 9.59 Å². The Morgan fingerprint density at radius 3 is 2.75 bits per heavy atom. The summed E-state index contributed by atoms with van der Waals surface area (Å²) < 4.78 is 1.87. The van der Waals surface area contributed by atoms with Gasteiger partial charge in [-0.15, -0.1) is 11.3 Å². The van der Waals surface area contributed by atoms with Crippen molar-refractivity contribution in [3.8, 4) is 11.3 Å². The van der Waals surface area contributed by atoms with Crippen LogP contribution in [-0.2, 0) is 17.8 Å². The summed E-state index contributed by atoms with van der Waals surface area (Å²) >= 11 is 1.39. The van der Waals surface area contributed by atoms with Crippen molar-refractivity contribution in [2.45, 2.75) is 53.1 Å². The quantitative estimate of drug-likeness (QED) is 0.386. The van der Waals surface area contributed by atoms with Crippen LogP contribution in [0.2, 0.25) is 0 Å². The molecule has 1 N–H and O–H groups in total. The van der Waals surface area contributed by atoms with E-state index in [-0.39, 0.29) is 17.9 Å². The normalized spacial score (nSPS) is 13.2. The first kappa shape index (κ1) is 23.9. The van der Waals surface area contributed by atoms with Crippen LogP contribution in [0, 0.1) is 13.8 Å². The molecule has 0 radical (unpaired) electrons. The first-order valence-corrected chi connectivity index (χ1v) is 12.8. The molecule has 0 bridgehead atoms. The molecule has 1 aliphatic heterocycles. The lowest BCUT2D eigenvalue weighted by atomic mass is 9.97. The van der Waals surface area contributed by atoms with Crippen molar-refractivity contribution in [2.75, 3.05) is 10.2 Å². The van der Waals surface area contributed by atoms with Gasteiger partial charge in [0.2, 0.25) is 5.91 Å². The zero-order valence-electron chi connectivity index (χ0n) is 20.8. The molecular weight excluding hydrogens is 472 g/mol. The fraction of sp³-hybridized carbons (Fsp3) is 0.296. The summed E-state index contributed by atoms with van der Waals surface area (Å²) in [4.78, 5) is 36.3. The van der Waals surface area contributed by atoms with Crippen LogP contribution >= 0.6 is 11.3 Å². The first-order valence-electron chi connectivity index (χ1n) is 12.0. The molecule has 8 nitrogen and oxygen atoms in total. The number of thiazole rings is 1. The van der Waals surface area contributed by atoms with Crippen molar-refractivity contribution in [3.05, 3.63) is 76.2 Å². The molecule has 1 aliphatic rings. The lowest BCUT2D eigenvalue weighted by Gasteiger charge is -2.29. The van der Waals surface area contributed by atoms with E-state index in [1.807, 2.05) is 66.9 Å². The van der Waals surface area contributed by atoms with Gasteiger partial charge in [0, 0.05) is 47.2 Å². The molecule has 184 valence electrons. The lowest BCUT2D eigenvalue weighted by molar-refractivity contribution is -0.119. The third-order valence-corrected chi connectivity index (χ3v) is 7.16. The standard InChI is InChI=1S/C27H28N6O2S/c1-16(2)33-18(4)25(17(3)31-33)26(35)30-27-29-22(15-36-27)20-7-9-23-21(12-20)8-10-24(34)32(23)14-19-6-5-11-28-13-19/h5-7,9,11-13,15-16H,8,10,14H2,1-4H3,(H,29,30,35). The summed E-state index contributed by atoms with van der Waals surface area (Å²) in [6.45, 7) is 8.35. The maximum atomic E-state index is 13.0. The van der Waals surface area contributed by atoms with E-state index in [0.29, 0.717) is 35.8 Å². The Kier molecular flexibility index (Phi) is 6.40. The number of fused-ring (bicyclic) bond motifs is 1. The summed E-state index contributed by atoms with van der Waals surface area (Å²) in [7, 11) is 0. The average Bonchev–Trinajstić information content (AvgIpc) is 3.45. The predicted octanol–water partition coefficient (Wildman–Crippen LogP) is 5.33. The van der Waals surface area contributed by atoms with Crippen molar-refractivity contribution < 1.29 is 9.59 Å². The fourth-order valence-electron chi connectivity index (χ4n) is 4.68. The van der Waals surface area contributed by atoms with Gasteiger partial charge < -0.3 is 4.90 Å². The van der Waals surface area contributed by atoms with Gasteiger partial charge in [-0.1, -0.05) is 12.1 Å². The molecule has 0 fully saturated rings. The van der Waals surface area contributed by atoms with Gasteiger partial charge in [-0.25, -0.2) is 4.98 Å². The Balaban J connectivity index is 1.36. The molecule has 0 atom stereocenters. The molecule has 36 heavy (non-hydrogen) atoms. The van der Waals surface area contributed by atoms with Crippen LogP contribution in [0.3, 0.4) is 0 Å². The number of carbonyl (C=O) groups is 2. The van der Waals surface area contributed by atoms with Crippen LogP contribution in [0.25, 0.3) is 11.3 Å². The monoisotopic (exact) mass is 500 g/mol. The third-order valence-electron chi connectivity index (χ3n) is 6.40. The number of carbonyl (C=O) groups excluding carboxylic acids is 2. The minimum atomic E-state index is -0.201. The maximum absolute atomic E-state index is 13.0. The van der Waals surface area contributed by atoms with Crippen LogP contribution in [0.15, 0.2) is 48.1 Å². The highest BCUT2D eigenvalue weighted by Crippen LogP contribution is 2.34. The molecule has 4 aromatic rings. The lowest BCUT2D eigenvalue weighted by Crippen LogP contribution is -2.34. The van der Waals surface area contributed by atoms with Crippen LogP contribution in [0.1, 0.15) is 59.2 Å². The zero-order chi connectivity index (χ0) is 25.4. The molecule has 3 aromatic heterocycles. The second kappa shape index (κ2) is 9.66. The SMILES string of the molecule is Cc1nn(C(C)C)c(C)c1C(=O)Nc1nc(-c2ccc3c(c2)CCC(=O)N3Cc2cccnc2)cs1.